The van der Waals surface area contributed by atoms with Crippen LogP contribution in [0.2, 0.25) is 0 Å². The molecule has 6 heteroatoms. The molecule has 1 aromatic heterocycles. The number of carbonyl (C=O) groups is 2. The number of amides is 2. The van der Waals surface area contributed by atoms with E-state index in [1.54, 1.807) is 12.5 Å². The molecule has 2 amide bonds. The van der Waals surface area contributed by atoms with E-state index in [1.165, 1.54) is 0 Å². The van der Waals surface area contributed by atoms with E-state index in [-0.39, 0.29) is 11.8 Å². The Balaban J connectivity index is 1.80. The average molecular weight is 340 g/mol. The van der Waals surface area contributed by atoms with Gasteiger partial charge >= 0.3 is 0 Å². The van der Waals surface area contributed by atoms with E-state index in [0.29, 0.717) is 24.4 Å². The van der Waals surface area contributed by atoms with Crippen molar-refractivity contribution in [2.45, 2.75) is 32.6 Å². The fourth-order valence-corrected chi connectivity index (χ4v) is 3.45. The zero-order chi connectivity index (χ0) is 17.8. The molecule has 1 atom stereocenters. The molecule has 3 rings (SSSR count). The molecule has 0 aliphatic carbocycles. The van der Waals surface area contributed by atoms with E-state index in [2.05, 4.69) is 4.98 Å². The number of hydrogen-bond acceptors (Lipinski definition) is 3. The summed E-state index contributed by atoms with van der Waals surface area (Å²) < 4.78 is 1.86. The molecular weight excluding hydrogens is 316 g/mol. The van der Waals surface area contributed by atoms with Crippen molar-refractivity contribution >= 4 is 11.8 Å². The standard InChI is InChI=1S/C19H24N4O2/c1-14-4-6-17(23-10-8-21-13-23)16(11-14)19(25)22-9-2-3-15(12-22)5-7-18(20)24/h4,6,8,10-11,13,15H,2-3,5,7,9,12H2,1H3,(H2,20,24)/t15-/m1/s1. The van der Waals surface area contributed by atoms with Crippen molar-refractivity contribution in [3.63, 3.8) is 0 Å². The summed E-state index contributed by atoms with van der Waals surface area (Å²) in [5.74, 6) is 0.104. The number of imidazole rings is 1. The minimum Gasteiger partial charge on any atom is -0.370 e. The van der Waals surface area contributed by atoms with Gasteiger partial charge in [-0.15, -0.1) is 0 Å². The number of rotatable bonds is 5. The molecule has 132 valence electrons. The van der Waals surface area contributed by atoms with Crippen molar-refractivity contribution in [2.75, 3.05) is 13.1 Å². The highest BCUT2D eigenvalue weighted by molar-refractivity contribution is 5.98. The molecule has 2 heterocycles. The van der Waals surface area contributed by atoms with Crippen LogP contribution in [0.5, 0.6) is 0 Å². The summed E-state index contributed by atoms with van der Waals surface area (Å²) in [6.07, 6.45) is 8.38. The van der Waals surface area contributed by atoms with Gasteiger partial charge in [-0.1, -0.05) is 11.6 Å². The third-order valence-electron chi connectivity index (χ3n) is 4.77. The number of piperidine rings is 1. The van der Waals surface area contributed by atoms with Crippen LogP contribution in [-0.2, 0) is 4.79 Å². The largest absolute Gasteiger partial charge is 0.370 e. The van der Waals surface area contributed by atoms with Crippen LogP contribution in [0.3, 0.4) is 0 Å². The maximum atomic E-state index is 13.2. The summed E-state index contributed by atoms with van der Waals surface area (Å²) >= 11 is 0. The SMILES string of the molecule is Cc1ccc(-n2ccnc2)c(C(=O)N2CCC[C@H](CCC(N)=O)C2)c1. The Bertz CT molecular complexity index is 755. The van der Waals surface area contributed by atoms with E-state index in [0.717, 1.165) is 37.1 Å². The minimum absolute atomic E-state index is 0.0381. The van der Waals surface area contributed by atoms with Crippen LogP contribution < -0.4 is 5.73 Å². The van der Waals surface area contributed by atoms with Gasteiger partial charge in [0.05, 0.1) is 17.6 Å². The Morgan fingerprint density at radius 1 is 1.36 bits per heavy atom. The lowest BCUT2D eigenvalue weighted by Crippen LogP contribution is -2.40. The van der Waals surface area contributed by atoms with Crippen LogP contribution >= 0.6 is 0 Å². The van der Waals surface area contributed by atoms with Crippen molar-refractivity contribution in [3.05, 3.63) is 48.0 Å². The molecule has 0 radical (unpaired) electrons. The van der Waals surface area contributed by atoms with Crippen LogP contribution in [0, 0.1) is 12.8 Å². The number of likely N-dealkylation sites (tertiary alicyclic amines) is 1. The Labute approximate surface area is 147 Å². The smallest absolute Gasteiger partial charge is 0.256 e. The Morgan fingerprint density at radius 2 is 2.20 bits per heavy atom. The van der Waals surface area contributed by atoms with Gasteiger partial charge in [-0.25, -0.2) is 4.98 Å². The summed E-state index contributed by atoms with van der Waals surface area (Å²) in [4.78, 5) is 30.2. The molecule has 2 aromatic rings. The van der Waals surface area contributed by atoms with Gasteiger partial charge in [0.2, 0.25) is 5.91 Å². The Hall–Kier alpha value is -2.63. The number of carbonyl (C=O) groups excluding carboxylic acids is 2. The van der Waals surface area contributed by atoms with Gasteiger partial charge in [0.25, 0.3) is 5.91 Å². The first-order chi connectivity index (χ1) is 12.0. The maximum Gasteiger partial charge on any atom is 0.256 e. The number of nitrogens with zero attached hydrogens (tertiary/aromatic N) is 3. The number of aromatic nitrogens is 2. The molecule has 0 saturated carbocycles. The molecule has 2 N–H and O–H groups in total. The second kappa shape index (κ2) is 7.51. The average Bonchev–Trinajstić information content (AvgIpc) is 3.14. The zero-order valence-electron chi connectivity index (χ0n) is 14.5. The highest BCUT2D eigenvalue weighted by Gasteiger charge is 2.26. The highest BCUT2D eigenvalue weighted by Crippen LogP contribution is 2.25. The first-order valence-corrected chi connectivity index (χ1v) is 8.71. The van der Waals surface area contributed by atoms with Crippen LogP contribution in [0.1, 0.15) is 41.6 Å². The van der Waals surface area contributed by atoms with Gasteiger partial charge in [-0.3, -0.25) is 9.59 Å². The summed E-state index contributed by atoms with van der Waals surface area (Å²) in [5.41, 5.74) is 7.84. The molecule has 6 nitrogen and oxygen atoms in total. The predicted octanol–water partition coefficient (Wildman–Crippen LogP) is 2.30. The van der Waals surface area contributed by atoms with E-state index in [9.17, 15) is 9.59 Å². The second-order valence-electron chi connectivity index (χ2n) is 6.75. The molecule has 1 aliphatic heterocycles. The number of primary amides is 1. The normalized spacial score (nSPS) is 17.5. The van der Waals surface area contributed by atoms with Crippen molar-refractivity contribution in [3.8, 4) is 5.69 Å². The lowest BCUT2D eigenvalue weighted by Gasteiger charge is -2.33. The minimum atomic E-state index is -0.274. The lowest BCUT2D eigenvalue weighted by atomic mass is 9.92. The van der Waals surface area contributed by atoms with Gasteiger partial charge in [0.1, 0.15) is 0 Å². The van der Waals surface area contributed by atoms with Gasteiger partial charge in [-0.2, -0.15) is 0 Å². The number of benzene rings is 1. The van der Waals surface area contributed by atoms with E-state index < -0.39 is 0 Å². The van der Waals surface area contributed by atoms with Gasteiger partial charge in [-0.05, 0) is 44.2 Å². The maximum absolute atomic E-state index is 13.2. The Morgan fingerprint density at radius 3 is 2.92 bits per heavy atom. The van der Waals surface area contributed by atoms with Crippen LogP contribution in [0.15, 0.2) is 36.9 Å². The third kappa shape index (κ3) is 4.07. The van der Waals surface area contributed by atoms with Gasteiger partial charge in [0, 0.05) is 31.9 Å². The van der Waals surface area contributed by atoms with Crippen molar-refractivity contribution in [1.82, 2.24) is 14.5 Å². The molecule has 0 spiro atoms. The monoisotopic (exact) mass is 340 g/mol. The number of nitrogens with two attached hydrogens (primary N) is 1. The van der Waals surface area contributed by atoms with E-state index in [1.807, 2.05) is 40.8 Å². The lowest BCUT2D eigenvalue weighted by molar-refractivity contribution is -0.118. The third-order valence-corrected chi connectivity index (χ3v) is 4.77. The predicted molar refractivity (Wildman–Crippen MR) is 95.4 cm³/mol. The van der Waals surface area contributed by atoms with Gasteiger partial charge < -0.3 is 15.2 Å². The summed E-state index contributed by atoms with van der Waals surface area (Å²) in [5, 5.41) is 0. The quantitative estimate of drug-likeness (QED) is 0.907. The van der Waals surface area contributed by atoms with Crippen molar-refractivity contribution in [2.24, 2.45) is 11.7 Å². The number of aryl methyl sites for hydroxylation is 1. The molecule has 1 aliphatic rings. The fraction of sp³-hybridized carbons (Fsp3) is 0.421. The summed E-state index contributed by atoms with van der Waals surface area (Å²) in [7, 11) is 0. The first kappa shape index (κ1) is 17.2. The van der Waals surface area contributed by atoms with Crippen molar-refractivity contribution < 1.29 is 9.59 Å². The van der Waals surface area contributed by atoms with Crippen LogP contribution in [0.4, 0.5) is 0 Å². The van der Waals surface area contributed by atoms with Crippen LogP contribution in [-0.4, -0.2) is 39.4 Å². The molecule has 1 saturated heterocycles. The summed E-state index contributed by atoms with van der Waals surface area (Å²) in [6.45, 7) is 3.42. The van der Waals surface area contributed by atoms with E-state index >= 15 is 0 Å². The molecule has 0 bridgehead atoms. The molecule has 1 aromatic carbocycles. The molecule has 1 fully saturated rings. The van der Waals surface area contributed by atoms with E-state index in [4.69, 9.17) is 5.73 Å². The highest BCUT2D eigenvalue weighted by atomic mass is 16.2. The molecular formula is C19H24N4O2. The van der Waals surface area contributed by atoms with Crippen LogP contribution in [0.25, 0.3) is 5.69 Å². The topological polar surface area (TPSA) is 81.2 Å². The zero-order valence-corrected chi connectivity index (χ0v) is 14.5. The number of hydrogen-bond donors (Lipinski definition) is 1. The van der Waals surface area contributed by atoms with Gasteiger partial charge in [0.15, 0.2) is 0 Å². The summed E-state index contributed by atoms with van der Waals surface area (Å²) in [6, 6.07) is 5.89. The molecule has 0 unspecified atom stereocenters. The fourth-order valence-electron chi connectivity index (χ4n) is 3.45. The Kier molecular flexibility index (Phi) is 5.16. The first-order valence-electron chi connectivity index (χ1n) is 8.71. The second-order valence-corrected chi connectivity index (χ2v) is 6.75. The molecule has 25 heavy (non-hydrogen) atoms. The van der Waals surface area contributed by atoms with Crippen molar-refractivity contribution in [1.29, 1.82) is 0 Å².